The molecule has 0 spiro atoms. The smallest absolute Gasteiger partial charge is 0.315 e. The molecule has 2 aromatic rings. The van der Waals surface area contributed by atoms with E-state index in [4.69, 9.17) is 9.47 Å². The van der Waals surface area contributed by atoms with Gasteiger partial charge in [-0.1, -0.05) is 65.5 Å². The fourth-order valence-electron chi connectivity index (χ4n) is 5.77. The van der Waals surface area contributed by atoms with Crippen LogP contribution in [0.25, 0.3) is 16.8 Å². The number of urea groups is 1. The summed E-state index contributed by atoms with van der Waals surface area (Å²) in [6.45, 7) is 20.9. The summed E-state index contributed by atoms with van der Waals surface area (Å²) in [4.78, 5) is 28.8. The van der Waals surface area contributed by atoms with Crippen LogP contribution >= 0.6 is 0 Å². The normalized spacial score (nSPS) is 20.0. The summed E-state index contributed by atoms with van der Waals surface area (Å²) in [6, 6.07) is 9.23. The number of amides is 3. The number of nitrogens with one attached hydrogen (secondary N) is 2. The number of nitrogens with zero attached hydrogens (tertiary/aromatic N) is 1. The van der Waals surface area contributed by atoms with Crippen LogP contribution < -0.4 is 15.4 Å². The van der Waals surface area contributed by atoms with E-state index >= 15 is 0 Å². The SMILES string of the molecule is C=CCC(C)(C)CCNC(=O)N[C@H](C(=O)N1C[C@](OC)(c2ccc3cc(OC)c(C=C)cc3c2)C[C@H]1C)C(C)(C)C. The first-order chi connectivity index (χ1) is 19.2. The molecule has 2 aromatic carbocycles. The predicted molar refractivity (Wildman–Crippen MR) is 168 cm³/mol. The molecule has 0 unspecified atom stereocenters. The number of ether oxygens (including phenoxy) is 2. The van der Waals surface area contributed by atoms with Gasteiger partial charge < -0.3 is 25.0 Å². The van der Waals surface area contributed by atoms with Gasteiger partial charge in [0.05, 0.1) is 13.7 Å². The second-order valence-electron chi connectivity index (χ2n) is 13.2. The van der Waals surface area contributed by atoms with Gasteiger partial charge in [0.1, 0.15) is 17.4 Å². The standard InChI is InChI=1S/C34H49N3O4/c1-11-15-33(7,8)16-17-35-31(39)36-29(32(4,5)6)30(38)37-22-34(41-10,21-23(37)3)27-14-13-25-20-28(40-9)24(12-2)18-26(25)19-27/h11-14,18-20,23,29H,1-2,15-17,21-22H2,3-10H3,(H2,35,36,39)/t23-,29-,34+/m1/s1. The van der Waals surface area contributed by atoms with Crippen molar-refractivity contribution in [1.29, 1.82) is 0 Å². The summed E-state index contributed by atoms with van der Waals surface area (Å²) >= 11 is 0. The number of benzene rings is 2. The highest BCUT2D eigenvalue weighted by atomic mass is 16.5. The third-order valence-corrected chi connectivity index (χ3v) is 8.36. The molecular weight excluding hydrogens is 514 g/mol. The molecule has 3 atom stereocenters. The third-order valence-electron chi connectivity index (χ3n) is 8.36. The van der Waals surface area contributed by atoms with E-state index in [1.165, 1.54) is 0 Å². The van der Waals surface area contributed by atoms with E-state index < -0.39 is 17.1 Å². The zero-order valence-corrected chi connectivity index (χ0v) is 26.2. The molecule has 1 aliphatic heterocycles. The summed E-state index contributed by atoms with van der Waals surface area (Å²) in [5.74, 6) is 0.670. The Kier molecular flexibility index (Phi) is 9.96. The van der Waals surface area contributed by atoms with E-state index in [1.807, 2.05) is 44.7 Å². The van der Waals surface area contributed by atoms with Gasteiger partial charge in [0.15, 0.2) is 0 Å². The zero-order valence-electron chi connectivity index (χ0n) is 26.2. The average Bonchev–Trinajstić information content (AvgIpc) is 3.26. The van der Waals surface area contributed by atoms with Gasteiger partial charge in [-0.15, -0.1) is 6.58 Å². The molecule has 3 rings (SSSR count). The number of methoxy groups -OCH3 is 2. The van der Waals surface area contributed by atoms with Crippen molar-refractivity contribution >= 4 is 28.8 Å². The molecule has 41 heavy (non-hydrogen) atoms. The first-order valence-electron chi connectivity index (χ1n) is 14.5. The summed E-state index contributed by atoms with van der Waals surface area (Å²) in [5.41, 5.74) is 0.818. The Hall–Kier alpha value is -3.32. The van der Waals surface area contributed by atoms with E-state index in [1.54, 1.807) is 20.3 Å². The van der Waals surface area contributed by atoms with Crippen molar-refractivity contribution in [3.05, 3.63) is 60.7 Å². The Morgan fingerprint density at radius 1 is 1.12 bits per heavy atom. The summed E-state index contributed by atoms with van der Waals surface area (Å²) in [6.07, 6.45) is 6.01. The third kappa shape index (κ3) is 7.31. The molecule has 1 aliphatic rings. The summed E-state index contributed by atoms with van der Waals surface area (Å²) < 4.78 is 11.7. The van der Waals surface area contributed by atoms with Crippen molar-refractivity contribution in [2.75, 3.05) is 27.3 Å². The minimum absolute atomic E-state index is 0.0465. The van der Waals surface area contributed by atoms with E-state index in [-0.39, 0.29) is 23.4 Å². The van der Waals surface area contributed by atoms with Gasteiger partial charge in [0, 0.05) is 31.7 Å². The number of allylic oxidation sites excluding steroid dienone is 1. The van der Waals surface area contributed by atoms with Gasteiger partial charge in [0.25, 0.3) is 0 Å². The molecule has 224 valence electrons. The lowest BCUT2D eigenvalue weighted by Crippen LogP contribution is -2.57. The molecule has 0 saturated carbocycles. The number of rotatable bonds is 11. The fourth-order valence-corrected chi connectivity index (χ4v) is 5.77. The molecule has 0 bridgehead atoms. The van der Waals surface area contributed by atoms with Crippen LogP contribution in [0.1, 0.15) is 71.9 Å². The Labute approximate surface area is 246 Å². The van der Waals surface area contributed by atoms with E-state index in [2.05, 4.69) is 61.9 Å². The molecule has 2 N–H and O–H groups in total. The Bertz CT molecular complexity index is 1280. The molecule has 7 nitrogen and oxygen atoms in total. The fraction of sp³-hybridized carbons (Fsp3) is 0.529. The highest BCUT2D eigenvalue weighted by Gasteiger charge is 2.48. The van der Waals surface area contributed by atoms with Gasteiger partial charge in [0.2, 0.25) is 5.91 Å². The van der Waals surface area contributed by atoms with Crippen LogP contribution in [-0.4, -0.2) is 56.2 Å². The van der Waals surface area contributed by atoms with Crippen molar-refractivity contribution in [3.63, 3.8) is 0 Å². The van der Waals surface area contributed by atoms with Gasteiger partial charge >= 0.3 is 6.03 Å². The first kappa shape index (κ1) is 32.2. The highest BCUT2D eigenvalue weighted by molar-refractivity contribution is 5.89. The molecular formula is C34H49N3O4. The number of carbonyl (C=O) groups excluding carboxylic acids is 2. The Morgan fingerprint density at radius 2 is 1.83 bits per heavy atom. The number of fused-ring (bicyclic) bond motifs is 1. The van der Waals surface area contributed by atoms with Crippen molar-refractivity contribution in [2.24, 2.45) is 10.8 Å². The zero-order chi connectivity index (χ0) is 30.6. The Morgan fingerprint density at radius 3 is 2.41 bits per heavy atom. The van der Waals surface area contributed by atoms with Gasteiger partial charge in [-0.2, -0.15) is 0 Å². The summed E-state index contributed by atoms with van der Waals surface area (Å²) in [7, 11) is 3.36. The molecule has 1 saturated heterocycles. The average molecular weight is 564 g/mol. The van der Waals surface area contributed by atoms with Crippen LogP contribution in [0.2, 0.25) is 0 Å². The molecule has 0 aromatic heterocycles. The maximum atomic E-state index is 14.0. The number of carbonyl (C=O) groups is 2. The predicted octanol–water partition coefficient (Wildman–Crippen LogP) is 6.66. The lowest BCUT2D eigenvalue weighted by Gasteiger charge is -2.35. The molecule has 1 fully saturated rings. The van der Waals surface area contributed by atoms with Crippen LogP contribution in [0.4, 0.5) is 4.79 Å². The maximum Gasteiger partial charge on any atom is 0.315 e. The van der Waals surface area contributed by atoms with Crippen LogP contribution in [0.15, 0.2) is 49.6 Å². The number of likely N-dealkylation sites (tertiary alicyclic amines) is 1. The molecule has 0 aliphatic carbocycles. The number of hydrogen-bond donors (Lipinski definition) is 2. The molecule has 3 amide bonds. The van der Waals surface area contributed by atoms with Gasteiger partial charge in [-0.25, -0.2) is 4.79 Å². The van der Waals surface area contributed by atoms with Crippen molar-refractivity contribution in [2.45, 2.75) is 78.5 Å². The topological polar surface area (TPSA) is 79.9 Å². The maximum absolute atomic E-state index is 14.0. The van der Waals surface area contributed by atoms with Crippen LogP contribution in [0, 0.1) is 10.8 Å². The second-order valence-corrected chi connectivity index (χ2v) is 13.2. The van der Waals surface area contributed by atoms with Gasteiger partial charge in [-0.05, 0) is 65.1 Å². The lowest BCUT2D eigenvalue weighted by atomic mass is 9.85. The van der Waals surface area contributed by atoms with Crippen LogP contribution in [0.5, 0.6) is 5.75 Å². The van der Waals surface area contributed by atoms with Gasteiger partial charge in [-0.3, -0.25) is 4.79 Å². The highest BCUT2D eigenvalue weighted by Crippen LogP contribution is 2.41. The Balaban J connectivity index is 1.82. The minimum Gasteiger partial charge on any atom is -0.496 e. The number of hydrogen-bond acceptors (Lipinski definition) is 4. The van der Waals surface area contributed by atoms with Crippen LogP contribution in [0.3, 0.4) is 0 Å². The molecule has 0 radical (unpaired) electrons. The van der Waals surface area contributed by atoms with Crippen molar-refractivity contribution < 1.29 is 19.1 Å². The monoisotopic (exact) mass is 563 g/mol. The van der Waals surface area contributed by atoms with E-state index in [0.29, 0.717) is 19.5 Å². The molecule has 7 heteroatoms. The van der Waals surface area contributed by atoms with E-state index in [9.17, 15) is 9.59 Å². The van der Waals surface area contributed by atoms with Crippen molar-refractivity contribution in [3.8, 4) is 5.75 Å². The lowest BCUT2D eigenvalue weighted by molar-refractivity contribution is -0.137. The minimum atomic E-state index is -0.696. The molecule has 1 heterocycles. The first-order valence-corrected chi connectivity index (χ1v) is 14.5. The quantitative estimate of drug-likeness (QED) is 0.300. The second kappa shape index (κ2) is 12.7. The largest absolute Gasteiger partial charge is 0.496 e. The van der Waals surface area contributed by atoms with E-state index in [0.717, 1.165) is 40.5 Å². The van der Waals surface area contributed by atoms with Crippen molar-refractivity contribution in [1.82, 2.24) is 15.5 Å². The van der Waals surface area contributed by atoms with Crippen LogP contribution in [-0.2, 0) is 15.1 Å². The summed E-state index contributed by atoms with van der Waals surface area (Å²) in [5, 5.41) is 8.03.